The number of halogens is 1. The molecule has 2 N–H and O–H groups in total. The third-order valence-electron chi connectivity index (χ3n) is 4.43. The van der Waals surface area contributed by atoms with Gasteiger partial charge in [0.1, 0.15) is 5.82 Å². The minimum atomic E-state index is -0.200. The molecule has 0 spiro atoms. The number of thiophene rings is 1. The largest absolute Gasteiger partial charge is 0.370 e. The number of rotatable bonds is 4. The van der Waals surface area contributed by atoms with Crippen molar-refractivity contribution in [2.24, 2.45) is 10.7 Å². The van der Waals surface area contributed by atoms with E-state index < -0.39 is 0 Å². The zero-order valence-electron chi connectivity index (χ0n) is 13.9. The van der Waals surface area contributed by atoms with Crippen molar-refractivity contribution >= 4 is 23.0 Å². The molecule has 1 aromatic heterocycles. The summed E-state index contributed by atoms with van der Waals surface area (Å²) in [6, 6.07) is 8.80. The number of nitrogens with zero attached hydrogens (tertiary/aromatic N) is 3. The predicted octanol–water partition coefficient (Wildman–Crippen LogP) is 3.13. The van der Waals surface area contributed by atoms with E-state index in [1.807, 2.05) is 12.1 Å². The molecule has 6 heteroatoms. The Bertz CT molecular complexity index is 661. The lowest BCUT2D eigenvalue weighted by Crippen LogP contribution is -2.51. The van der Waals surface area contributed by atoms with Crippen LogP contribution in [0.25, 0.3) is 0 Å². The highest BCUT2D eigenvalue weighted by Gasteiger charge is 2.18. The van der Waals surface area contributed by atoms with E-state index in [0.717, 1.165) is 31.9 Å². The van der Waals surface area contributed by atoms with Gasteiger partial charge in [-0.05, 0) is 46.7 Å². The molecule has 1 aliphatic heterocycles. The minimum Gasteiger partial charge on any atom is -0.370 e. The third-order valence-corrected chi connectivity index (χ3v) is 5.14. The molecule has 0 bridgehead atoms. The van der Waals surface area contributed by atoms with Gasteiger partial charge in [-0.1, -0.05) is 6.92 Å². The topological polar surface area (TPSA) is 44.9 Å². The van der Waals surface area contributed by atoms with Gasteiger partial charge < -0.3 is 15.5 Å². The van der Waals surface area contributed by atoms with Gasteiger partial charge in [0.25, 0.3) is 0 Å². The second kappa shape index (κ2) is 7.66. The molecular formula is C18H23FN4S. The van der Waals surface area contributed by atoms with Gasteiger partial charge in [0.05, 0.1) is 0 Å². The fraction of sp³-hybridized carbons (Fsp3) is 0.389. The van der Waals surface area contributed by atoms with E-state index in [-0.39, 0.29) is 5.82 Å². The molecule has 1 aliphatic rings. The van der Waals surface area contributed by atoms with E-state index in [2.05, 4.69) is 38.5 Å². The number of aliphatic imine (C=N–C) groups is 1. The Kier molecular flexibility index (Phi) is 5.35. The summed E-state index contributed by atoms with van der Waals surface area (Å²) in [6.45, 7) is 6.27. The number of guanidine groups is 1. The van der Waals surface area contributed by atoms with Crippen molar-refractivity contribution in [1.29, 1.82) is 0 Å². The Balaban J connectivity index is 1.52. The standard InChI is InChI=1S/C18H23FN4S/c1-14(15-6-11-24-13-15)12-21-18(20)23-9-7-22(8-10-23)17-4-2-16(19)3-5-17/h2-6,11,13-14H,7-10,12H2,1H3,(H2,20,21). The van der Waals surface area contributed by atoms with Crippen LogP contribution < -0.4 is 10.6 Å². The van der Waals surface area contributed by atoms with Gasteiger partial charge in [-0.2, -0.15) is 11.3 Å². The van der Waals surface area contributed by atoms with Crippen LogP contribution in [0.5, 0.6) is 0 Å². The van der Waals surface area contributed by atoms with Crippen molar-refractivity contribution in [3.8, 4) is 0 Å². The average molecular weight is 346 g/mol. The van der Waals surface area contributed by atoms with Crippen LogP contribution in [-0.4, -0.2) is 43.6 Å². The molecule has 0 saturated carbocycles. The molecule has 128 valence electrons. The third kappa shape index (κ3) is 4.06. The molecule has 0 radical (unpaired) electrons. The summed E-state index contributed by atoms with van der Waals surface area (Å²) in [6.07, 6.45) is 0. The first-order chi connectivity index (χ1) is 11.6. The Morgan fingerprint density at radius 3 is 2.54 bits per heavy atom. The van der Waals surface area contributed by atoms with Crippen molar-refractivity contribution in [2.75, 3.05) is 37.6 Å². The number of anilines is 1. The first kappa shape index (κ1) is 16.8. The summed E-state index contributed by atoms with van der Waals surface area (Å²) in [5.41, 5.74) is 8.54. The van der Waals surface area contributed by atoms with E-state index in [0.29, 0.717) is 18.4 Å². The second-order valence-electron chi connectivity index (χ2n) is 6.11. The maximum Gasteiger partial charge on any atom is 0.191 e. The second-order valence-corrected chi connectivity index (χ2v) is 6.89. The van der Waals surface area contributed by atoms with Crippen LogP contribution in [0.1, 0.15) is 18.4 Å². The van der Waals surface area contributed by atoms with Crippen LogP contribution in [0.2, 0.25) is 0 Å². The van der Waals surface area contributed by atoms with Crippen molar-refractivity contribution in [1.82, 2.24) is 4.90 Å². The molecular weight excluding hydrogens is 323 g/mol. The molecule has 3 rings (SSSR count). The molecule has 0 aliphatic carbocycles. The minimum absolute atomic E-state index is 0.200. The van der Waals surface area contributed by atoms with Gasteiger partial charge in [-0.15, -0.1) is 0 Å². The van der Waals surface area contributed by atoms with Crippen LogP contribution in [0.3, 0.4) is 0 Å². The van der Waals surface area contributed by atoms with E-state index in [1.165, 1.54) is 17.7 Å². The first-order valence-electron chi connectivity index (χ1n) is 8.21. The van der Waals surface area contributed by atoms with Crippen molar-refractivity contribution in [3.63, 3.8) is 0 Å². The maximum atomic E-state index is 13.0. The van der Waals surface area contributed by atoms with Crippen LogP contribution in [0.4, 0.5) is 10.1 Å². The Morgan fingerprint density at radius 2 is 1.92 bits per heavy atom. The summed E-state index contributed by atoms with van der Waals surface area (Å²) < 4.78 is 13.0. The van der Waals surface area contributed by atoms with E-state index >= 15 is 0 Å². The van der Waals surface area contributed by atoms with Gasteiger partial charge in [0.2, 0.25) is 0 Å². The highest BCUT2D eigenvalue weighted by Crippen LogP contribution is 2.19. The Hall–Kier alpha value is -2.08. The Labute approximate surface area is 146 Å². The van der Waals surface area contributed by atoms with Crippen LogP contribution in [0, 0.1) is 5.82 Å². The Morgan fingerprint density at radius 1 is 1.21 bits per heavy atom. The highest BCUT2D eigenvalue weighted by atomic mass is 32.1. The summed E-state index contributed by atoms with van der Waals surface area (Å²) in [5, 5.41) is 4.26. The van der Waals surface area contributed by atoms with Gasteiger partial charge >= 0.3 is 0 Å². The molecule has 1 fully saturated rings. The molecule has 1 unspecified atom stereocenters. The van der Waals surface area contributed by atoms with Crippen molar-refractivity contribution in [2.45, 2.75) is 12.8 Å². The predicted molar refractivity (Wildman–Crippen MR) is 99.4 cm³/mol. The number of hydrogen-bond acceptors (Lipinski definition) is 3. The van der Waals surface area contributed by atoms with Crippen LogP contribution >= 0.6 is 11.3 Å². The average Bonchev–Trinajstić information content (AvgIpc) is 3.15. The van der Waals surface area contributed by atoms with Crippen molar-refractivity contribution in [3.05, 3.63) is 52.5 Å². The smallest absolute Gasteiger partial charge is 0.191 e. The van der Waals surface area contributed by atoms with E-state index in [9.17, 15) is 4.39 Å². The van der Waals surface area contributed by atoms with Gasteiger partial charge in [-0.25, -0.2) is 4.39 Å². The fourth-order valence-corrected chi connectivity index (χ4v) is 3.62. The normalized spacial score (nSPS) is 17.2. The molecule has 2 aromatic rings. The molecule has 24 heavy (non-hydrogen) atoms. The highest BCUT2D eigenvalue weighted by molar-refractivity contribution is 7.07. The summed E-state index contributed by atoms with van der Waals surface area (Å²) in [7, 11) is 0. The van der Waals surface area contributed by atoms with Crippen LogP contribution in [-0.2, 0) is 0 Å². The maximum absolute atomic E-state index is 13.0. The number of piperazine rings is 1. The van der Waals surface area contributed by atoms with E-state index in [1.54, 1.807) is 11.3 Å². The van der Waals surface area contributed by atoms with Gasteiger partial charge in [0.15, 0.2) is 5.96 Å². The summed E-state index contributed by atoms with van der Waals surface area (Å²) >= 11 is 1.71. The van der Waals surface area contributed by atoms with Gasteiger partial charge in [0, 0.05) is 44.3 Å². The molecule has 0 amide bonds. The monoisotopic (exact) mass is 346 g/mol. The lowest BCUT2D eigenvalue weighted by atomic mass is 10.1. The van der Waals surface area contributed by atoms with Gasteiger partial charge in [-0.3, -0.25) is 4.99 Å². The van der Waals surface area contributed by atoms with E-state index in [4.69, 9.17) is 5.73 Å². The molecule has 1 saturated heterocycles. The zero-order chi connectivity index (χ0) is 16.9. The lowest BCUT2D eigenvalue weighted by Gasteiger charge is -2.36. The number of nitrogens with two attached hydrogens (primary N) is 1. The SMILES string of the molecule is CC(CN=C(N)N1CCN(c2ccc(F)cc2)CC1)c1ccsc1. The quantitative estimate of drug-likeness (QED) is 0.683. The summed E-state index contributed by atoms with van der Waals surface area (Å²) in [5.74, 6) is 0.805. The molecule has 1 atom stereocenters. The number of benzene rings is 1. The summed E-state index contributed by atoms with van der Waals surface area (Å²) in [4.78, 5) is 8.94. The zero-order valence-corrected chi connectivity index (χ0v) is 14.7. The molecule has 4 nitrogen and oxygen atoms in total. The molecule has 2 heterocycles. The fourth-order valence-electron chi connectivity index (χ4n) is 2.84. The number of hydrogen-bond donors (Lipinski definition) is 1. The lowest BCUT2D eigenvalue weighted by molar-refractivity contribution is 0.380. The van der Waals surface area contributed by atoms with Crippen LogP contribution in [0.15, 0.2) is 46.1 Å². The first-order valence-corrected chi connectivity index (χ1v) is 9.15. The molecule has 1 aromatic carbocycles. The van der Waals surface area contributed by atoms with Crippen molar-refractivity contribution < 1.29 is 4.39 Å².